The van der Waals surface area contributed by atoms with E-state index in [1.54, 1.807) is 0 Å². The van der Waals surface area contributed by atoms with Crippen LogP contribution in [0.1, 0.15) is 6.42 Å². The Morgan fingerprint density at radius 1 is 1.62 bits per heavy atom. The first kappa shape index (κ1) is 12.4. The van der Waals surface area contributed by atoms with E-state index in [1.165, 1.54) is 13.2 Å². The molecule has 0 amide bonds. The minimum Gasteiger partial charge on any atom is -0.478 e. The maximum Gasteiger partial charge on any atom is 0.328 e. The Morgan fingerprint density at radius 3 is 2.94 bits per heavy atom. The lowest BCUT2D eigenvalue weighted by Crippen LogP contribution is -2.28. The molecule has 0 aliphatic carbocycles. The van der Waals surface area contributed by atoms with Gasteiger partial charge in [0.05, 0.1) is 0 Å². The summed E-state index contributed by atoms with van der Waals surface area (Å²) in [4.78, 5) is 17.3. The van der Waals surface area contributed by atoms with Crippen molar-refractivity contribution in [1.29, 1.82) is 0 Å². The van der Waals surface area contributed by atoms with Crippen LogP contribution in [-0.2, 0) is 9.63 Å². The molecule has 0 aromatic heterocycles. The smallest absolute Gasteiger partial charge is 0.328 e. The van der Waals surface area contributed by atoms with Crippen molar-refractivity contribution in [2.75, 3.05) is 27.2 Å². The van der Waals surface area contributed by atoms with Crippen molar-refractivity contribution >= 4 is 11.7 Å². The van der Waals surface area contributed by atoms with Crippen molar-refractivity contribution in [3.05, 3.63) is 23.8 Å². The quantitative estimate of drug-likeness (QED) is 0.437. The Kier molecular flexibility index (Phi) is 4.72. The Morgan fingerprint density at radius 2 is 2.38 bits per heavy atom. The first-order valence-corrected chi connectivity index (χ1v) is 5.03. The second-order valence-electron chi connectivity index (χ2n) is 3.59. The Bertz CT molecular complexity index is 345. The molecular weight excluding hydrogens is 208 g/mol. The number of likely N-dealkylation sites (N-methyl/N-ethyl adjacent to an activating group) is 1. The average molecular weight is 224 g/mol. The minimum atomic E-state index is -0.992. The molecule has 1 N–H and O–H groups in total. The number of carbonyl (C=O) groups is 1. The molecule has 0 aromatic carbocycles. The minimum absolute atomic E-state index is 0.566. The van der Waals surface area contributed by atoms with E-state index in [0.29, 0.717) is 5.71 Å². The highest BCUT2D eigenvalue weighted by atomic mass is 16.6. The van der Waals surface area contributed by atoms with E-state index in [2.05, 4.69) is 16.1 Å². The number of carboxylic acid groups (broad SMARTS) is 1. The summed E-state index contributed by atoms with van der Waals surface area (Å²) in [5.41, 5.74) is 1.56. The summed E-state index contributed by atoms with van der Waals surface area (Å²) >= 11 is 0. The third-order valence-electron chi connectivity index (χ3n) is 2.24. The lowest BCUT2D eigenvalue weighted by atomic mass is 10.0. The van der Waals surface area contributed by atoms with Gasteiger partial charge in [0.2, 0.25) is 0 Å². The molecule has 1 aliphatic heterocycles. The van der Waals surface area contributed by atoms with Crippen LogP contribution in [0.15, 0.2) is 29.0 Å². The molecule has 1 rings (SSSR count). The second-order valence-corrected chi connectivity index (χ2v) is 3.59. The van der Waals surface area contributed by atoms with Crippen molar-refractivity contribution in [3.8, 4) is 0 Å². The van der Waals surface area contributed by atoms with Gasteiger partial charge < -0.3 is 14.8 Å². The number of hydrogen-bond acceptors (Lipinski definition) is 4. The molecular formula is C11H16N2O3. The molecule has 0 atom stereocenters. The Hall–Kier alpha value is -1.62. The van der Waals surface area contributed by atoms with Gasteiger partial charge >= 0.3 is 5.97 Å². The summed E-state index contributed by atoms with van der Waals surface area (Å²) in [6.07, 6.45) is 5.52. The Balaban J connectivity index is 2.82. The van der Waals surface area contributed by atoms with Gasteiger partial charge in [0, 0.05) is 19.2 Å². The second kappa shape index (κ2) is 6.07. The van der Waals surface area contributed by atoms with Crippen LogP contribution in [0.25, 0.3) is 0 Å². The molecule has 1 heterocycles. The summed E-state index contributed by atoms with van der Waals surface area (Å²) in [6.45, 7) is 1.76. The van der Waals surface area contributed by atoms with Crippen LogP contribution < -0.4 is 0 Å². The lowest BCUT2D eigenvalue weighted by Gasteiger charge is -2.22. The molecule has 0 bridgehead atoms. The van der Waals surface area contributed by atoms with Gasteiger partial charge in [-0.1, -0.05) is 11.2 Å². The van der Waals surface area contributed by atoms with Gasteiger partial charge in [0.15, 0.2) is 0 Å². The van der Waals surface area contributed by atoms with Gasteiger partial charge in [-0.3, -0.25) is 0 Å². The van der Waals surface area contributed by atoms with E-state index in [-0.39, 0.29) is 0 Å². The monoisotopic (exact) mass is 224 g/mol. The molecule has 0 radical (unpaired) electrons. The van der Waals surface area contributed by atoms with Crippen LogP contribution in [0.3, 0.4) is 0 Å². The molecule has 0 aromatic rings. The maximum absolute atomic E-state index is 10.4. The predicted octanol–water partition coefficient (Wildman–Crippen LogP) is 0.892. The van der Waals surface area contributed by atoms with Crippen LogP contribution in [0.2, 0.25) is 0 Å². The van der Waals surface area contributed by atoms with Crippen LogP contribution >= 0.6 is 0 Å². The van der Waals surface area contributed by atoms with E-state index >= 15 is 0 Å². The molecule has 0 spiro atoms. The van der Waals surface area contributed by atoms with Gasteiger partial charge in [0.1, 0.15) is 12.8 Å². The number of rotatable bonds is 4. The van der Waals surface area contributed by atoms with E-state index in [4.69, 9.17) is 9.94 Å². The van der Waals surface area contributed by atoms with E-state index < -0.39 is 5.97 Å². The van der Waals surface area contributed by atoms with Gasteiger partial charge in [0.25, 0.3) is 0 Å². The number of nitrogens with zero attached hydrogens (tertiary/aromatic N) is 2. The molecule has 0 unspecified atom stereocenters. The zero-order valence-electron chi connectivity index (χ0n) is 9.51. The summed E-state index contributed by atoms with van der Waals surface area (Å²) < 4.78 is 0. The van der Waals surface area contributed by atoms with Crippen molar-refractivity contribution in [2.45, 2.75) is 6.42 Å². The number of aliphatic carboxylic acids is 1. The molecule has 5 heteroatoms. The van der Waals surface area contributed by atoms with Crippen molar-refractivity contribution in [3.63, 3.8) is 0 Å². The van der Waals surface area contributed by atoms with Crippen LogP contribution in [0, 0.1) is 0 Å². The normalized spacial score (nSPS) is 18.6. The van der Waals surface area contributed by atoms with Gasteiger partial charge in [-0.05, 0) is 25.1 Å². The summed E-state index contributed by atoms with van der Waals surface area (Å²) in [5, 5.41) is 12.4. The maximum atomic E-state index is 10.4. The van der Waals surface area contributed by atoms with Crippen LogP contribution in [-0.4, -0.2) is 48.9 Å². The fourth-order valence-corrected chi connectivity index (χ4v) is 1.52. The van der Waals surface area contributed by atoms with Crippen LogP contribution in [0.4, 0.5) is 0 Å². The summed E-state index contributed by atoms with van der Waals surface area (Å²) in [5.74, 6) is -0.992. The van der Waals surface area contributed by atoms with E-state index in [9.17, 15) is 4.79 Å². The third-order valence-corrected chi connectivity index (χ3v) is 2.24. The van der Waals surface area contributed by atoms with Gasteiger partial charge in [-0.15, -0.1) is 0 Å². The number of oxime groups is 1. The number of carboxylic acids is 1. The highest BCUT2D eigenvalue weighted by Gasteiger charge is 2.12. The molecule has 0 saturated carbocycles. The van der Waals surface area contributed by atoms with Gasteiger partial charge in [-0.25, -0.2) is 4.79 Å². The largest absolute Gasteiger partial charge is 0.478 e. The molecule has 1 aliphatic rings. The molecule has 0 fully saturated rings. The number of allylic oxidation sites excluding steroid dienone is 1. The topological polar surface area (TPSA) is 62.1 Å². The van der Waals surface area contributed by atoms with Crippen molar-refractivity contribution in [2.24, 2.45) is 5.16 Å². The number of hydrogen-bond donors (Lipinski definition) is 1. The Labute approximate surface area is 94.7 Å². The predicted molar refractivity (Wildman–Crippen MR) is 61.4 cm³/mol. The summed E-state index contributed by atoms with van der Waals surface area (Å²) in [7, 11) is 3.46. The highest BCUT2D eigenvalue weighted by molar-refractivity contribution is 6.10. The first-order chi connectivity index (χ1) is 7.63. The van der Waals surface area contributed by atoms with Crippen molar-refractivity contribution < 1.29 is 14.7 Å². The first-order valence-electron chi connectivity index (χ1n) is 5.03. The van der Waals surface area contributed by atoms with Crippen LogP contribution in [0.5, 0.6) is 0 Å². The van der Waals surface area contributed by atoms with E-state index in [1.807, 2.05) is 7.05 Å². The van der Waals surface area contributed by atoms with Gasteiger partial charge in [-0.2, -0.15) is 0 Å². The molecule has 5 nitrogen and oxygen atoms in total. The molecule has 88 valence electrons. The fraction of sp³-hybridized carbons (Fsp3) is 0.455. The SMILES string of the molecule is CON=C(C=CC(=O)O)C1=CCCN(C)C1. The fourth-order valence-electron chi connectivity index (χ4n) is 1.52. The van der Waals surface area contributed by atoms with E-state index in [0.717, 1.165) is 31.2 Å². The molecule has 16 heavy (non-hydrogen) atoms. The molecule has 0 saturated heterocycles. The zero-order chi connectivity index (χ0) is 12.0. The third kappa shape index (κ3) is 3.86. The summed E-state index contributed by atoms with van der Waals surface area (Å²) in [6, 6.07) is 0. The lowest BCUT2D eigenvalue weighted by molar-refractivity contribution is -0.131. The average Bonchev–Trinajstić information content (AvgIpc) is 2.24. The standard InChI is InChI=1S/C11H16N2O3/c1-13-7-3-4-9(8-13)10(12-16-2)5-6-11(14)15/h4-6H,3,7-8H2,1-2H3,(H,14,15). The zero-order valence-corrected chi connectivity index (χ0v) is 9.51. The highest BCUT2D eigenvalue weighted by Crippen LogP contribution is 2.10. The van der Waals surface area contributed by atoms with Crippen molar-refractivity contribution in [1.82, 2.24) is 4.90 Å².